The molecule has 1 heterocycles. The topological polar surface area (TPSA) is 64.4 Å². The average molecular weight is 478 g/mol. The van der Waals surface area contributed by atoms with Gasteiger partial charge in [0, 0.05) is 13.1 Å². The molecule has 0 spiro atoms. The maximum Gasteiger partial charge on any atom is 0.266 e. The summed E-state index contributed by atoms with van der Waals surface area (Å²) < 4.78 is 20.1. The van der Waals surface area contributed by atoms with Crippen LogP contribution in [0.1, 0.15) is 18.5 Å². The average Bonchev–Trinajstić information content (AvgIpc) is 2.87. The van der Waals surface area contributed by atoms with E-state index >= 15 is 0 Å². The van der Waals surface area contributed by atoms with Crippen LogP contribution in [-0.4, -0.2) is 40.3 Å². The fraction of sp³-hybridized carbons (Fsp3) is 0.192. The van der Waals surface area contributed by atoms with Crippen LogP contribution in [0.15, 0.2) is 82.7 Å². The largest absolute Gasteiger partial charge is 0.497 e. The molecule has 4 rings (SSSR count). The second-order valence-electron chi connectivity index (χ2n) is 7.77. The Morgan fingerprint density at radius 3 is 2.59 bits per heavy atom. The summed E-state index contributed by atoms with van der Waals surface area (Å²) >= 11 is 1.20. The molecule has 0 fully saturated rings. The highest BCUT2D eigenvalue weighted by atomic mass is 32.2. The van der Waals surface area contributed by atoms with Gasteiger partial charge in [-0.2, -0.15) is 0 Å². The third-order valence-electron chi connectivity index (χ3n) is 5.71. The van der Waals surface area contributed by atoms with E-state index in [0.29, 0.717) is 27.5 Å². The van der Waals surface area contributed by atoms with E-state index in [1.54, 1.807) is 73.7 Å². The normalized spacial score (nSPS) is 11.9. The van der Waals surface area contributed by atoms with Crippen molar-refractivity contribution in [3.05, 3.63) is 94.5 Å². The maximum absolute atomic E-state index is 13.4. The van der Waals surface area contributed by atoms with Gasteiger partial charge in [0.15, 0.2) is 5.16 Å². The van der Waals surface area contributed by atoms with Crippen LogP contribution in [0.5, 0.6) is 5.75 Å². The van der Waals surface area contributed by atoms with E-state index in [1.807, 2.05) is 13.0 Å². The van der Waals surface area contributed by atoms with Gasteiger partial charge in [-0.1, -0.05) is 42.1 Å². The number of fused-ring (bicyclic) bond motifs is 1. The molecule has 1 atom stereocenters. The van der Waals surface area contributed by atoms with Crippen molar-refractivity contribution in [1.82, 2.24) is 14.5 Å². The van der Waals surface area contributed by atoms with Crippen molar-refractivity contribution < 1.29 is 13.9 Å². The van der Waals surface area contributed by atoms with Crippen LogP contribution >= 0.6 is 11.8 Å². The fourth-order valence-electron chi connectivity index (χ4n) is 3.60. The van der Waals surface area contributed by atoms with E-state index in [-0.39, 0.29) is 29.1 Å². The molecule has 0 radical (unpaired) electrons. The molecule has 1 unspecified atom stereocenters. The fourth-order valence-corrected chi connectivity index (χ4v) is 4.53. The molecule has 6 nitrogen and oxygen atoms in total. The van der Waals surface area contributed by atoms with Crippen molar-refractivity contribution >= 4 is 28.6 Å². The number of amides is 1. The number of carbonyl (C=O) groups is 1. The monoisotopic (exact) mass is 477 g/mol. The van der Waals surface area contributed by atoms with Gasteiger partial charge in [-0.25, -0.2) is 9.37 Å². The van der Waals surface area contributed by atoms with Gasteiger partial charge in [-0.05, 0) is 48.9 Å². The molecule has 0 aliphatic heterocycles. The smallest absolute Gasteiger partial charge is 0.266 e. The number of hydrogen-bond donors (Lipinski definition) is 0. The molecular formula is C26H24FN3O3S. The number of carbonyl (C=O) groups excluding carboxylic acids is 1. The number of para-hydroxylation sites is 1. The van der Waals surface area contributed by atoms with Gasteiger partial charge >= 0.3 is 0 Å². The van der Waals surface area contributed by atoms with Crippen LogP contribution in [0.3, 0.4) is 0 Å². The zero-order chi connectivity index (χ0) is 24.2. The Bertz CT molecular complexity index is 1390. The summed E-state index contributed by atoms with van der Waals surface area (Å²) in [6.45, 7) is 1.89. The molecule has 0 aliphatic carbocycles. The summed E-state index contributed by atoms with van der Waals surface area (Å²) in [7, 11) is 3.27. The van der Waals surface area contributed by atoms with E-state index in [1.165, 1.54) is 28.5 Å². The number of aromatic nitrogens is 2. The SMILES string of the molecule is COc1cccc(-n2c(SCC(=O)N(C)C(C)c3ccc(F)cc3)nc3ccccc3c2=O)c1. The number of benzene rings is 3. The zero-order valence-electron chi connectivity index (χ0n) is 19.1. The van der Waals surface area contributed by atoms with Gasteiger partial charge < -0.3 is 9.64 Å². The Hall–Kier alpha value is -3.65. The second-order valence-corrected chi connectivity index (χ2v) is 8.72. The highest BCUT2D eigenvalue weighted by Gasteiger charge is 2.20. The van der Waals surface area contributed by atoms with Gasteiger partial charge in [0.2, 0.25) is 5.91 Å². The molecule has 174 valence electrons. The first-order chi connectivity index (χ1) is 16.4. The molecule has 8 heteroatoms. The Kier molecular flexibility index (Phi) is 6.98. The predicted octanol–water partition coefficient (Wildman–Crippen LogP) is 4.85. The number of halogens is 1. The lowest BCUT2D eigenvalue weighted by Gasteiger charge is -2.25. The van der Waals surface area contributed by atoms with E-state index in [2.05, 4.69) is 4.98 Å². The number of nitrogens with zero attached hydrogens (tertiary/aromatic N) is 3. The minimum atomic E-state index is -0.321. The van der Waals surface area contributed by atoms with Crippen LogP contribution in [0, 0.1) is 5.82 Å². The molecule has 1 aromatic heterocycles. The highest BCUT2D eigenvalue weighted by molar-refractivity contribution is 7.99. The van der Waals surface area contributed by atoms with Crippen LogP contribution in [0.4, 0.5) is 4.39 Å². The summed E-state index contributed by atoms with van der Waals surface area (Å²) in [5, 5.41) is 0.899. The molecule has 4 aromatic rings. The molecule has 0 N–H and O–H groups in total. The van der Waals surface area contributed by atoms with E-state index < -0.39 is 0 Å². The number of hydrogen-bond acceptors (Lipinski definition) is 5. The van der Waals surface area contributed by atoms with Gasteiger partial charge in [0.25, 0.3) is 5.56 Å². The lowest BCUT2D eigenvalue weighted by molar-refractivity contribution is -0.128. The van der Waals surface area contributed by atoms with Crippen molar-refractivity contribution in [2.75, 3.05) is 19.9 Å². The number of rotatable bonds is 7. The summed E-state index contributed by atoms with van der Waals surface area (Å²) in [5.74, 6) is 0.230. The minimum absolute atomic E-state index is 0.0801. The Morgan fingerprint density at radius 2 is 1.85 bits per heavy atom. The van der Waals surface area contributed by atoms with E-state index in [9.17, 15) is 14.0 Å². The van der Waals surface area contributed by atoms with Crippen LogP contribution in [-0.2, 0) is 4.79 Å². The summed E-state index contributed by atoms with van der Waals surface area (Å²) in [6, 6.07) is 20.1. The Morgan fingerprint density at radius 1 is 1.12 bits per heavy atom. The molecule has 0 saturated heterocycles. The lowest BCUT2D eigenvalue weighted by Crippen LogP contribution is -2.31. The highest BCUT2D eigenvalue weighted by Crippen LogP contribution is 2.25. The van der Waals surface area contributed by atoms with Gasteiger partial charge in [0.1, 0.15) is 11.6 Å². The molecule has 0 aliphatic rings. The standard InChI is InChI=1S/C26H24FN3O3S/c1-17(18-11-13-19(27)14-12-18)29(2)24(31)16-34-26-28-23-10-5-4-9-22(23)25(32)30(26)20-7-6-8-21(15-20)33-3/h4-15,17H,16H2,1-3H3. The van der Waals surface area contributed by atoms with Gasteiger partial charge in [0.05, 0.1) is 35.5 Å². The third kappa shape index (κ3) is 4.82. The van der Waals surface area contributed by atoms with Crippen molar-refractivity contribution in [3.8, 4) is 11.4 Å². The van der Waals surface area contributed by atoms with Crippen molar-refractivity contribution in [1.29, 1.82) is 0 Å². The first kappa shape index (κ1) is 23.5. The first-order valence-electron chi connectivity index (χ1n) is 10.7. The minimum Gasteiger partial charge on any atom is -0.497 e. The van der Waals surface area contributed by atoms with E-state index in [0.717, 1.165) is 5.56 Å². The van der Waals surface area contributed by atoms with Crippen molar-refractivity contribution in [2.24, 2.45) is 0 Å². The molecular weight excluding hydrogens is 453 g/mol. The first-order valence-corrected chi connectivity index (χ1v) is 11.7. The number of thioether (sulfide) groups is 1. The molecule has 0 bridgehead atoms. The Labute approximate surface area is 201 Å². The van der Waals surface area contributed by atoms with Crippen molar-refractivity contribution in [3.63, 3.8) is 0 Å². The van der Waals surface area contributed by atoms with Crippen LogP contribution < -0.4 is 10.3 Å². The maximum atomic E-state index is 13.4. The molecule has 3 aromatic carbocycles. The summed E-state index contributed by atoms with van der Waals surface area (Å²) in [4.78, 5) is 32.7. The number of methoxy groups -OCH3 is 1. The third-order valence-corrected chi connectivity index (χ3v) is 6.63. The van der Waals surface area contributed by atoms with Crippen LogP contribution in [0.25, 0.3) is 16.6 Å². The quantitative estimate of drug-likeness (QED) is 0.281. The molecule has 34 heavy (non-hydrogen) atoms. The lowest BCUT2D eigenvalue weighted by atomic mass is 10.1. The Balaban J connectivity index is 1.65. The van der Waals surface area contributed by atoms with E-state index in [4.69, 9.17) is 4.74 Å². The van der Waals surface area contributed by atoms with Crippen molar-refractivity contribution in [2.45, 2.75) is 18.1 Å². The summed E-state index contributed by atoms with van der Waals surface area (Å²) in [5.41, 5.74) is 1.78. The summed E-state index contributed by atoms with van der Waals surface area (Å²) in [6.07, 6.45) is 0. The van der Waals surface area contributed by atoms with Gasteiger partial charge in [-0.15, -0.1) is 0 Å². The second kappa shape index (κ2) is 10.1. The van der Waals surface area contributed by atoms with Gasteiger partial charge in [-0.3, -0.25) is 14.2 Å². The zero-order valence-corrected chi connectivity index (χ0v) is 19.9. The molecule has 1 amide bonds. The predicted molar refractivity (Wildman–Crippen MR) is 132 cm³/mol. The molecule has 0 saturated carbocycles. The van der Waals surface area contributed by atoms with Crippen LogP contribution in [0.2, 0.25) is 0 Å². The number of ether oxygens (including phenoxy) is 1.